The van der Waals surface area contributed by atoms with Gasteiger partial charge in [0.1, 0.15) is 5.82 Å². The SMILES string of the molecule is CO[C@@H]1C[C@@H](c2nnc3n2CCC3)N(Cc2cccc3[nH]ccc23)C1. The van der Waals surface area contributed by atoms with Gasteiger partial charge in [0.15, 0.2) is 5.82 Å². The molecule has 1 saturated heterocycles. The summed E-state index contributed by atoms with van der Waals surface area (Å²) in [6.07, 6.45) is 5.48. The number of methoxy groups -OCH3 is 1. The number of nitrogens with zero attached hydrogens (tertiary/aromatic N) is 4. The highest BCUT2D eigenvalue weighted by atomic mass is 16.5. The summed E-state index contributed by atoms with van der Waals surface area (Å²) >= 11 is 0. The number of hydrogen-bond acceptors (Lipinski definition) is 4. The maximum atomic E-state index is 5.69. The summed E-state index contributed by atoms with van der Waals surface area (Å²) in [6.45, 7) is 2.89. The van der Waals surface area contributed by atoms with Gasteiger partial charge in [-0.1, -0.05) is 12.1 Å². The largest absolute Gasteiger partial charge is 0.380 e. The van der Waals surface area contributed by atoms with Crippen LogP contribution < -0.4 is 0 Å². The van der Waals surface area contributed by atoms with Crippen molar-refractivity contribution in [1.29, 1.82) is 0 Å². The Morgan fingerprint density at radius 3 is 3.16 bits per heavy atom. The van der Waals surface area contributed by atoms with E-state index < -0.39 is 0 Å². The molecular formula is C19H23N5O. The van der Waals surface area contributed by atoms with Gasteiger partial charge in [-0.05, 0) is 30.5 Å². The van der Waals surface area contributed by atoms with E-state index in [4.69, 9.17) is 4.74 Å². The lowest BCUT2D eigenvalue weighted by Gasteiger charge is -2.24. The normalized spacial score (nSPS) is 23.6. The molecule has 130 valence electrons. The molecule has 5 rings (SSSR count). The lowest BCUT2D eigenvalue weighted by molar-refractivity contribution is 0.107. The summed E-state index contributed by atoms with van der Waals surface area (Å²) < 4.78 is 8.02. The monoisotopic (exact) mass is 337 g/mol. The highest BCUT2D eigenvalue weighted by molar-refractivity contribution is 5.82. The molecule has 3 aromatic rings. The van der Waals surface area contributed by atoms with E-state index >= 15 is 0 Å². The second-order valence-corrected chi connectivity index (χ2v) is 7.12. The lowest BCUT2D eigenvalue weighted by Crippen LogP contribution is -2.26. The highest BCUT2D eigenvalue weighted by Crippen LogP contribution is 2.35. The first-order valence-electron chi connectivity index (χ1n) is 9.07. The topological polar surface area (TPSA) is 59.0 Å². The van der Waals surface area contributed by atoms with Gasteiger partial charge in [0.05, 0.1) is 12.1 Å². The Kier molecular flexibility index (Phi) is 3.60. The molecule has 2 aliphatic rings. The van der Waals surface area contributed by atoms with E-state index in [9.17, 15) is 0 Å². The standard InChI is InChI=1S/C19H23N5O/c1-25-14-10-17(19-22-21-18-6-3-9-24(18)19)23(12-14)11-13-4-2-5-16-15(13)7-8-20-16/h2,4-5,7-8,14,17,20H,3,6,9-12H2,1H3/t14-,17+/m1/s1. The van der Waals surface area contributed by atoms with Gasteiger partial charge >= 0.3 is 0 Å². The summed E-state index contributed by atoms with van der Waals surface area (Å²) in [4.78, 5) is 5.81. The number of nitrogens with one attached hydrogen (secondary N) is 1. The minimum atomic E-state index is 0.254. The van der Waals surface area contributed by atoms with Gasteiger partial charge in [-0.2, -0.15) is 0 Å². The first-order chi connectivity index (χ1) is 12.3. The zero-order valence-electron chi connectivity index (χ0n) is 14.5. The summed E-state index contributed by atoms with van der Waals surface area (Å²) in [5, 5.41) is 10.3. The summed E-state index contributed by atoms with van der Waals surface area (Å²) in [7, 11) is 1.81. The van der Waals surface area contributed by atoms with Crippen molar-refractivity contribution in [3.05, 3.63) is 47.7 Å². The van der Waals surface area contributed by atoms with E-state index in [2.05, 4.69) is 48.9 Å². The van der Waals surface area contributed by atoms with Crippen molar-refractivity contribution < 1.29 is 4.74 Å². The third-order valence-electron chi connectivity index (χ3n) is 5.69. The summed E-state index contributed by atoms with van der Waals surface area (Å²) in [5.74, 6) is 2.26. The molecule has 0 spiro atoms. The second-order valence-electron chi connectivity index (χ2n) is 7.12. The maximum Gasteiger partial charge on any atom is 0.150 e. The Labute approximate surface area is 146 Å². The molecule has 1 fully saturated rings. The number of H-pyrrole nitrogens is 1. The number of likely N-dealkylation sites (tertiary alicyclic amines) is 1. The molecule has 0 radical (unpaired) electrons. The molecule has 25 heavy (non-hydrogen) atoms. The molecule has 4 heterocycles. The molecule has 2 atom stereocenters. The van der Waals surface area contributed by atoms with Crippen molar-refractivity contribution >= 4 is 10.9 Å². The zero-order chi connectivity index (χ0) is 16.8. The van der Waals surface area contributed by atoms with Gasteiger partial charge in [-0.15, -0.1) is 10.2 Å². The number of aromatic nitrogens is 4. The van der Waals surface area contributed by atoms with E-state index in [0.717, 1.165) is 44.1 Å². The molecule has 0 aliphatic carbocycles. The first kappa shape index (κ1) is 15.1. The van der Waals surface area contributed by atoms with E-state index in [-0.39, 0.29) is 12.1 Å². The van der Waals surface area contributed by atoms with Crippen LogP contribution in [-0.4, -0.2) is 44.4 Å². The lowest BCUT2D eigenvalue weighted by atomic mass is 10.1. The van der Waals surface area contributed by atoms with Gasteiger partial charge in [-0.25, -0.2) is 0 Å². The van der Waals surface area contributed by atoms with Crippen LogP contribution >= 0.6 is 0 Å². The minimum Gasteiger partial charge on any atom is -0.380 e. The van der Waals surface area contributed by atoms with E-state index in [0.29, 0.717) is 0 Å². The number of aryl methyl sites for hydroxylation is 1. The number of ether oxygens (including phenoxy) is 1. The van der Waals surface area contributed by atoms with E-state index in [1.54, 1.807) is 0 Å². The molecule has 2 aromatic heterocycles. The third-order valence-corrected chi connectivity index (χ3v) is 5.69. The zero-order valence-corrected chi connectivity index (χ0v) is 14.5. The Hall–Kier alpha value is -2.18. The smallest absolute Gasteiger partial charge is 0.150 e. The van der Waals surface area contributed by atoms with E-state index in [1.807, 2.05) is 13.3 Å². The molecule has 2 aliphatic heterocycles. The molecule has 0 bridgehead atoms. The molecule has 0 unspecified atom stereocenters. The molecule has 0 saturated carbocycles. The fourth-order valence-corrected chi connectivity index (χ4v) is 4.40. The number of benzene rings is 1. The Morgan fingerprint density at radius 1 is 1.28 bits per heavy atom. The molecule has 0 amide bonds. The van der Waals surface area contributed by atoms with E-state index in [1.165, 1.54) is 22.9 Å². The molecule has 1 aromatic carbocycles. The molecule has 6 heteroatoms. The average molecular weight is 337 g/mol. The first-order valence-corrected chi connectivity index (χ1v) is 9.07. The van der Waals surface area contributed by atoms with Crippen LogP contribution in [0.5, 0.6) is 0 Å². The highest BCUT2D eigenvalue weighted by Gasteiger charge is 2.37. The van der Waals surface area contributed by atoms with Crippen LogP contribution in [0.1, 0.15) is 36.1 Å². The third kappa shape index (κ3) is 2.48. The van der Waals surface area contributed by atoms with Crippen molar-refractivity contribution in [2.24, 2.45) is 0 Å². The van der Waals surface area contributed by atoms with Crippen molar-refractivity contribution in [1.82, 2.24) is 24.6 Å². The van der Waals surface area contributed by atoms with Gasteiger partial charge in [0.2, 0.25) is 0 Å². The van der Waals surface area contributed by atoms with Gasteiger partial charge in [-0.3, -0.25) is 4.90 Å². The van der Waals surface area contributed by atoms with Crippen molar-refractivity contribution in [2.45, 2.75) is 44.5 Å². The van der Waals surface area contributed by atoms with Crippen LogP contribution in [0.4, 0.5) is 0 Å². The predicted octanol–water partition coefficient (Wildman–Crippen LogP) is 2.67. The Balaban J connectivity index is 1.48. The van der Waals surface area contributed by atoms with Crippen molar-refractivity contribution in [3.8, 4) is 0 Å². The van der Waals surface area contributed by atoms with Crippen LogP contribution in [0.25, 0.3) is 10.9 Å². The van der Waals surface area contributed by atoms with Crippen LogP contribution in [0.3, 0.4) is 0 Å². The fourth-order valence-electron chi connectivity index (χ4n) is 4.40. The predicted molar refractivity (Wildman–Crippen MR) is 95.2 cm³/mol. The van der Waals surface area contributed by atoms with Crippen molar-refractivity contribution in [3.63, 3.8) is 0 Å². The number of rotatable bonds is 4. The Bertz CT molecular complexity index is 898. The molecular weight excluding hydrogens is 314 g/mol. The quantitative estimate of drug-likeness (QED) is 0.795. The van der Waals surface area contributed by atoms with Crippen LogP contribution in [0, 0.1) is 0 Å². The second kappa shape index (κ2) is 5.97. The van der Waals surface area contributed by atoms with Crippen LogP contribution in [-0.2, 0) is 24.2 Å². The fraction of sp³-hybridized carbons (Fsp3) is 0.474. The summed E-state index contributed by atoms with van der Waals surface area (Å²) in [6, 6.07) is 8.92. The minimum absolute atomic E-state index is 0.254. The Morgan fingerprint density at radius 2 is 2.24 bits per heavy atom. The maximum absolute atomic E-state index is 5.69. The average Bonchev–Trinajstić information content (AvgIpc) is 3.38. The summed E-state index contributed by atoms with van der Waals surface area (Å²) in [5.41, 5.74) is 2.54. The van der Waals surface area contributed by atoms with Crippen LogP contribution in [0.15, 0.2) is 30.5 Å². The number of hydrogen-bond donors (Lipinski definition) is 1. The van der Waals surface area contributed by atoms with Gasteiger partial charge in [0, 0.05) is 50.3 Å². The van der Waals surface area contributed by atoms with Crippen molar-refractivity contribution in [2.75, 3.05) is 13.7 Å². The number of fused-ring (bicyclic) bond motifs is 2. The molecule has 1 N–H and O–H groups in total. The molecule has 6 nitrogen and oxygen atoms in total. The number of aromatic amines is 1. The van der Waals surface area contributed by atoms with Gasteiger partial charge in [0.25, 0.3) is 0 Å². The van der Waals surface area contributed by atoms with Crippen LogP contribution in [0.2, 0.25) is 0 Å². The van der Waals surface area contributed by atoms with Gasteiger partial charge < -0.3 is 14.3 Å².